The van der Waals surface area contributed by atoms with Crippen molar-refractivity contribution in [2.45, 2.75) is 51.7 Å². The van der Waals surface area contributed by atoms with Gasteiger partial charge in [0.15, 0.2) is 6.10 Å². The third-order valence-electron chi connectivity index (χ3n) is 4.26. The summed E-state index contributed by atoms with van der Waals surface area (Å²) < 4.78 is 5.22. The number of benzene rings is 1. The van der Waals surface area contributed by atoms with E-state index in [4.69, 9.17) is 27.9 Å². The summed E-state index contributed by atoms with van der Waals surface area (Å²) in [6, 6.07) is 4.86. The molecule has 3 atom stereocenters. The highest BCUT2D eigenvalue weighted by Gasteiger charge is 2.27. The molecule has 0 spiro atoms. The van der Waals surface area contributed by atoms with Gasteiger partial charge in [0.2, 0.25) is 0 Å². The Bertz CT molecular complexity index is 591. The van der Waals surface area contributed by atoms with Gasteiger partial charge in [0.05, 0.1) is 15.6 Å². The van der Waals surface area contributed by atoms with E-state index >= 15 is 0 Å². The van der Waals surface area contributed by atoms with E-state index in [2.05, 4.69) is 12.2 Å². The summed E-state index contributed by atoms with van der Waals surface area (Å²) in [7, 11) is 0. The zero-order chi connectivity index (χ0) is 17.0. The summed E-state index contributed by atoms with van der Waals surface area (Å²) >= 11 is 11.9. The first-order valence-corrected chi connectivity index (χ1v) is 8.61. The van der Waals surface area contributed by atoms with Crippen LogP contribution in [0.2, 0.25) is 10.0 Å². The summed E-state index contributed by atoms with van der Waals surface area (Å²) in [5, 5.41) is 3.38. The number of amides is 1. The molecule has 2 rings (SSSR count). The summed E-state index contributed by atoms with van der Waals surface area (Å²) in [5.74, 6) is -0.495. The van der Waals surface area contributed by atoms with Crippen LogP contribution in [0.3, 0.4) is 0 Å². The fourth-order valence-electron chi connectivity index (χ4n) is 2.77. The van der Waals surface area contributed by atoms with Crippen LogP contribution in [0.25, 0.3) is 0 Å². The minimum atomic E-state index is -0.883. The third kappa shape index (κ3) is 4.61. The van der Waals surface area contributed by atoms with E-state index in [0.29, 0.717) is 5.92 Å². The monoisotopic (exact) mass is 357 g/mol. The van der Waals surface area contributed by atoms with Crippen LogP contribution in [0.15, 0.2) is 18.2 Å². The lowest BCUT2D eigenvalue weighted by atomic mass is 9.86. The van der Waals surface area contributed by atoms with Crippen molar-refractivity contribution >= 4 is 35.1 Å². The average Bonchev–Trinajstić information content (AvgIpc) is 2.52. The molecule has 0 unspecified atom stereocenters. The zero-order valence-electron chi connectivity index (χ0n) is 13.3. The Morgan fingerprint density at radius 2 is 1.96 bits per heavy atom. The van der Waals surface area contributed by atoms with Gasteiger partial charge in [-0.3, -0.25) is 4.79 Å². The smallest absolute Gasteiger partial charge is 0.340 e. The summed E-state index contributed by atoms with van der Waals surface area (Å²) in [5.41, 5.74) is 0.157. The van der Waals surface area contributed by atoms with Gasteiger partial charge in [-0.25, -0.2) is 4.79 Å². The van der Waals surface area contributed by atoms with E-state index in [1.165, 1.54) is 12.5 Å². The summed E-state index contributed by atoms with van der Waals surface area (Å²) in [6.07, 6.45) is 3.50. The lowest BCUT2D eigenvalue weighted by molar-refractivity contribution is -0.130. The minimum Gasteiger partial charge on any atom is -0.449 e. The molecule has 0 aliphatic heterocycles. The van der Waals surface area contributed by atoms with Gasteiger partial charge < -0.3 is 10.1 Å². The van der Waals surface area contributed by atoms with E-state index in [1.807, 2.05) is 0 Å². The fraction of sp³-hybridized carbons (Fsp3) is 0.529. The highest BCUT2D eigenvalue weighted by Crippen LogP contribution is 2.26. The molecule has 1 N–H and O–H groups in total. The second-order valence-corrected chi connectivity index (χ2v) is 6.81. The summed E-state index contributed by atoms with van der Waals surface area (Å²) in [4.78, 5) is 24.4. The van der Waals surface area contributed by atoms with Crippen molar-refractivity contribution in [2.24, 2.45) is 5.92 Å². The van der Waals surface area contributed by atoms with Gasteiger partial charge in [0.25, 0.3) is 5.91 Å². The van der Waals surface area contributed by atoms with Crippen LogP contribution < -0.4 is 5.32 Å². The maximum absolute atomic E-state index is 12.2. The average molecular weight is 358 g/mol. The van der Waals surface area contributed by atoms with E-state index in [1.54, 1.807) is 19.1 Å². The van der Waals surface area contributed by atoms with Gasteiger partial charge >= 0.3 is 5.97 Å². The van der Waals surface area contributed by atoms with Crippen LogP contribution in [0.4, 0.5) is 0 Å². The second kappa shape index (κ2) is 8.02. The molecule has 0 aromatic heterocycles. The first kappa shape index (κ1) is 18.1. The molecule has 1 fully saturated rings. The number of nitrogens with one attached hydrogen (secondary N) is 1. The molecule has 0 radical (unpaired) electrons. The van der Waals surface area contributed by atoms with E-state index < -0.39 is 12.1 Å². The predicted molar refractivity (Wildman–Crippen MR) is 90.9 cm³/mol. The molecule has 1 amide bonds. The Morgan fingerprint density at radius 1 is 1.26 bits per heavy atom. The number of carbonyl (C=O) groups is 2. The molecule has 6 heteroatoms. The molecule has 1 aliphatic rings. The van der Waals surface area contributed by atoms with Gasteiger partial charge in [-0.2, -0.15) is 0 Å². The number of esters is 1. The Balaban J connectivity index is 1.95. The number of halogens is 2. The molecular weight excluding hydrogens is 337 g/mol. The first-order valence-electron chi connectivity index (χ1n) is 7.85. The third-order valence-corrected chi connectivity index (χ3v) is 5.08. The predicted octanol–water partition coefficient (Wildman–Crippen LogP) is 4.23. The zero-order valence-corrected chi connectivity index (χ0v) is 14.8. The van der Waals surface area contributed by atoms with E-state index in [9.17, 15) is 9.59 Å². The Morgan fingerprint density at radius 3 is 2.65 bits per heavy atom. The quantitative estimate of drug-likeness (QED) is 0.820. The van der Waals surface area contributed by atoms with Crippen LogP contribution in [0.5, 0.6) is 0 Å². The van der Waals surface area contributed by atoms with Gasteiger partial charge in [0, 0.05) is 6.04 Å². The standard InChI is InChI=1S/C17H21Cl2NO3/c1-10-6-3-4-9-14(10)20-16(21)11(2)23-17(22)12-7-5-8-13(18)15(12)19/h5,7-8,10-11,14H,3-4,6,9H2,1-2H3,(H,20,21)/t10-,11+,14+/m1/s1. The minimum absolute atomic E-state index is 0.132. The SMILES string of the molecule is C[C@H](OC(=O)c1cccc(Cl)c1Cl)C(=O)N[C@H]1CCCC[C@H]1C. The Hall–Kier alpha value is -1.26. The van der Waals surface area contributed by atoms with Crippen LogP contribution in [-0.2, 0) is 9.53 Å². The maximum atomic E-state index is 12.2. The topological polar surface area (TPSA) is 55.4 Å². The number of hydrogen-bond acceptors (Lipinski definition) is 3. The molecule has 4 nitrogen and oxygen atoms in total. The van der Waals surface area contributed by atoms with Gasteiger partial charge in [0.1, 0.15) is 0 Å². The molecule has 1 aromatic carbocycles. The lowest BCUT2D eigenvalue weighted by Crippen LogP contribution is -2.46. The van der Waals surface area contributed by atoms with Crippen molar-refractivity contribution in [3.63, 3.8) is 0 Å². The molecule has 126 valence electrons. The van der Waals surface area contributed by atoms with E-state index in [-0.39, 0.29) is 27.6 Å². The van der Waals surface area contributed by atoms with Crippen LogP contribution in [0, 0.1) is 5.92 Å². The second-order valence-electron chi connectivity index (χ2n) is 6.03. The molecule has 0 bridgehead atoms. The molecule has 1 saturated carbocycles. The van der Waals surface area contributed by atoms with Crippen molar-refractivity contribution in [1.82, 2.24) is 5.32 Å². The van der Waals surface area contributed by atoms with Crippen molar-refractivity contribution in [1.29, 1.82) is 0 Å². The highest BCUT2D eigenvalue weighted by atomic mass is 35.5. The highest BCUT2D eigenvalue weighted by molar-refractivity contribution is 6.43. The van der Waals surface area contributed by atoms with Crippen molar-refractivity contribution in [2.75, 3.05) is 0 Å². The van der Waals surface area contributed by atoms with Gasteiger partial charge in [-0.1, -0.05) is 49.0 Å². The molecule has 0 saturated heterocycles. The van der Waals surface area contributed by atoms with Crippen LogP contribution >= 0.6 is 23.2 Å². The Kier molecular flexibility index (Phi) is 6.31. The summed E-state index contributed by atoms with van der Waals surface area (Å²) in [6.45, 7) is 3.69. The number of rotatable bonds is 4. The molecule has 1 aliphatic carbocycles. The largest absolute Gasteiger partial charge is 0.449 e. The van der Waals surface area contributed by atoms with Crippen LogP contribution in [0.1, 0.15) is 49.9 Å². The molecule has 0 heterocycles. The first-order chi connectivity index (χ1) is 10.9. The van der Waals surface area contributed by atoms with Crippen molar-refractivity contribution in [3.8, 4) is 0 Å². The number of hydrogen-bond donors (Lipinski definition) is 1. The van der Waals surface area contributed by atoms with E-state index in [0.717, 1.165) is 19.3 Å². The van der Waals surface area contributed by atoms with Crippen molar-refractivity contribution < 1.29 is 14.3 Å². The Labute approximate surface area is 146 Å². The normalized spacial score (nSPS) is 22.3. The fourth-order valence-corrected chi connectivity index (χ4v) is 3.15. The van der Waals surface area contributed by atoms with Gasteiger partial charge in [-0.15, -0.1) is 0 Å². The molecule has 23 heavy (non-hydrogen) atoms. The number of carbonyl (C=O) groups excluding carboxylic acids is 2. The number of ether oxygens (including phenoxy) is 1. The van der Waals surface area contributed by atoms with Crippen LogP contribution in [-0.4, -0.2) is 24.0 Å². The molecule has 1 aromatic rings. The maximum Gasteiger partial charge on any atom is 0.340 e. The molecular formula is C17H21Cl2NO3. The van der Waals surface area contributed by atoms with Gasteiger partial charge in [-0.05, 0) is 37.8 Å². The van der Waals surface area contributed by atoms with Crippen molar-refractivity contribution in [3.05, 3.63) is 33.8 Å². The lowest BCUT2D eigenvalue weighted by Gasteiger charge is -2.30.